The molecule has 0 radical (unpaired) electrons. The van der Waals surface area contributed by atoms with Crippen LogP contribution in [-0.4, -0.2) is 68.2 Å². The van der Waals surface area contributed by atoms with E-state index in [1.165, 1.54) is 0 Å². The molecule has 1 fully saturated rings. The van der Waals surface area contributed by atoms with E-state index >= 15 is 0 Å². The minimum atomic E-state index is -0.437. The number of carbonyl (C=O) groups excluding carboxylic acids is 1. The van der Waals surface area contributed by atoms with Crippen LogP contribution in [-0.2, 0) is 9.53 Å². The van der Waals surface area contributed by atoms with E-state index in [0.29, 0.717) is 6.42 Å². The van der Waals surface area contributed by atoms with Crippen LogP contribution in [0.2, 0.25) is 0 Å². The highest BCUT2D eigenvalue weighted by molar-refractivity contribution is 5.81. The number of hydrogen-bond donors (Lipinski definition) is 1. The minimum Gasteiger partial charge on any atom is -0.383 e. The summed E-state index contributed by atoms with van der Waals surface area (Å²) < 4.78 is 5.08. The Balaban J connectivity index is 2.40. The zero-order valence-electron chi connectivity index (χ0n) is 11.3. The molecule has 18 heavy (non-hydrogen) atoms. The van der Waals surface area contributed by atoms with Crippen molar-refractivity contribution in [3.8, 4) is 0 Å². The molecule has 0 spiro atoms. The minimum absolute atomic E-state index is 0.0449. The van der Waals surface area contributed by atoms with E-state index in [4.69, 9.17) is 10.5 Å². The fourth-order valence-electron chi connectivity index (χ4n) is 2.15. The molecule has 1 saturated heterocycles. The Labute approximate surface area is 110 Å². The Morgan fingerprint density at radius 3 is 2.89 bits per heavy atom. The normalized spacial score (nSPS) is 19.3. The second-order valence-corrected chi connectivity index (χ2v) is 4.64. The van der Waals surface area contributed by atoms with Crippen LogP contribution >= 0.6 is 0 Å². The zero-order chi connectivity index (χ0) is 13.4. The molecule has 0 aromatic rings. The SMILES string of the molecule is C=CCC(N)C(=O)N1CCCN(CCOC)CC1. The van der Waals surface area contributed by atoms with Crippen LogP contribution in [0, 0.1) is 0 Å². The third-order valence-electron chi connectivity index (χ3n) is 3.25. The summed E-state index contributed by atoms with van der Waals surface area (Å²) >= 11 is 0. The molecule has 1 aliphatic heterocycles. The van der Waals surface area contributed by atoms with Crippen LogP contribution in [0.3, 0.4) is 0 Å². The Morgan fingerprint density at radius 2 is 2.22 bits per heavy atom. The highest BCUT2D eigenvalue weighted by Crippen LogP contribution is 2.06. The fourth-order valence-corrected chi connectivity index (χ4v) is 2.15. The Kier molecular flexibility index (Phi) is 6.93. The molecule has 0 aliphatic carbocycles. The molecule has 1 rings (SSSR count). The van der Waals surface area contributed by atoms with Crippen molar-refractivity contribution in [2.75, 3.05) is 46.4 Å². The third-order valence-corrected chi connectivity index (χ3v) is 3.25. The monoisotopic (exact) mass is 255 g/mol. The second-order valence-electron chi connectivity index (χ2n) is 4.64. The molecule has 0 bridgehead atoms. The van der Waals surface area contributed by atoms with Crippen molar-refractivity contribution < 1.29 is 9.53 Å². The quantitative estimate of drug-likeness (QED) is 0.682. The summed E-state index contributed by atoms with van der Waals surface area (Å²) in [6, 6.07) is -0.437. The fraction of sp³-hybridized carbons (Fsp3) is 0.769. The summed E-state index contributed by atoms with van der Waals surface area (Å²) in [7, 11) is 1.71. The summed E-state index contributed by atoms with van der Waals surface area (Å²) in [6.45, 7) is 8.76. The van der Waals surface area contributed by atoms with Gasteiger partial charge in [-0.2, -0.15) is 0 Å². The predicted octanol–water partition coefficient (Wildman–Crippen LogP) is 0.0705. The molecule has 0 aromatic carbocycles. The first-order chi connectivity index (χ1) is 8.69. The van der Waals surface area contributed by atoms with Crippen molar-refractivity contribution in [1.82, 2.24) is 9.80 Å². The number of carbonyl (C=O) groups is 1. The van der Waals surface area contributed by atoms with Gasteiger partial charge in [-0.15, -0.1) is 6.58 Å². The molecule has 5 heteroatoms. The first kappa shape index (κ1) is 15.1. The van der Waals surface area contributed by atoms with E-state index < -0.39 is 6.04 Å². The van der Waals surface area contributed by atoms with Crippen LogP contribution in [0.15, 0.2) is 12.7 Å². The largest absolute Gasteiger partial charge is 0.383 e. The van der Waals surface area contributed by atoms with Crippen LogP contribution in [0.1, 0.15) is 12.8 Å². The maximum atomic E-state index is 12.1. The van der Waals surface area contributed by atoms with Crippen molar-refractivity contribution in [1.29, 1.82) is 0 Å². The number of ether oxygens (including phenoxy) is 1. The lowest BCUT2D eigenvalue weighted by molar-refractivity contribution is -0.132. The molecular formula is C13H25N3O2. The van der Waals surface area contributed by atoms with Crippen molar-refractivity contribution in [2.24, 2.45) is 5.73 Å². The van der Waals surface area contributed by atoms with Gasteiger partial charge in [-0.25, -0.2) is 0 Å². The topological polar surface area (TPSA) is 58.8 Å². The van der Waals surface area contributed by atoms with Gasteiger partial charge in [0.1, 0.15) is 0 Å². The van der Waals surface area contributed by atoms with Crippen molar-refractivity contribution in [3.05, 3.63) is 12.7 Å². The second kappa shape index (κ2) is 8.24. The van der Waals surface area contributed by atoms with E-state index in [9.17, 15) is 4.79 Å². The Hall–Kier alpha value is -0.910. The van der Waals surface area contributed by atoms with Gasteiger partial charge in [0.2, 0.25) is 5.91 Å². The van der Waals surface area contributed by atoms with Gasteiger partial charge >= 0.3 is 0 Å². The first-order valence-electron chi connectivity index (χ1n) is 6.55. The van der Waals surface area contributed by atoms with E-state index in [1.54, 1.807) is 13.2 Å². The van der Waals surface area contributed by atoms with Gasteiger partial charge < -0.3 is 15.4 Å². The summed E-state index contributed by atoms with van der Waals surface area (Å²) in [5.74, 6) is 0.0449. The van der Waals surface area contributed by atoms with Gasteiger partial charge in [-0.3, -0.25) is 9.69 Å². The van der Waals surface area contributed by atoms with Gasteiger partial charge in [0.15, 0.2) is 0 Å². The van der Waals surface area contributed by atoms with Gasteiger partial charge in [0.05, 0.1) is 12.6 Å². The Morgan fingerprint density at radius 1 is 1.44 bits per heavy atom. The number of nitrogens with zero attached hydrogens (tertiary/aromatic N) is 2. The molecule has 1 aliphatic rings. The molecule has 0 saturated carbocycles. The van der Waals surface area contributed by atoms with Crippen LogP contribution < -0.4 is 5.73 Å². The maximum Gasteiger partial charge on any atom is 0.239 e. The van der Waals surface area contributed by atoms with Gasteiger partial charge in [0, 0.05) is 33.3 Å². The van der Waals surface area contributed by atoms with Crippen molar-refractivity contribution in [2.45, 2.75) is 18.9 Å². The Bertz CT molecular complexity index is 271. The summed E-state index contributed by atoms with van der Waals surface area (Å²) in [6.07, 6.45) is 3.24. The lowest BCUT2D eigenvalue weighted by Gasteiger charge is -2.24. The lowest BCUT2D eigenvalue weighted by Crippen LogP contribution is -2.45. The van der Waals surface area contributed by atoms with Crippen molar-refractivity contribution >= 4 is 5.91 Å². The predicted molar refractivity (Wildman–Crippen MR) is 72.3 cm³/mol. The zero-order valence-corrected chi connectivity index (χ0v) is 11.3. The van der Waals surface area contributed by atoms with E-state index in [-0.39, 0.29) is 5.91 Å². The summed E-state index contributed by atoms with van der Waals surface area (Å²) in [4.78, 5) is 16.3. The van der Waals surface area contributed by atoms with Crippen LogP contribution in [0.25, 0.3) is 0 Å². The lowest BCUT2D eigenvalue weighted by atomic mass is 10.2. The number of nitrogens with two attached hydrogens (primary N) is 1. The average Bonchev–Trinajstić information content (AvgIpc) is 2.61. The standard InChI is InChI=1S/C13H25N3O2/c1-3-5-12(14)13(17)16-7-4-6-15(8-9-16)10-11-18-2/h3,12H,1,4-11,14H2,2H3. The number of hydrogen-bond acceptors (Lipinski definition) is 4. The van der Waals surface area contributed by atoms with Crippen LogP contribution in [0.5, 0.6) is 0 Å². The highest BCUT2D eigenvalue weighted by atomic mass is 16.5. The molecule has 5 nitrogen and oxygen atoms in total. The maximum absolute atomic E-state index is 12.1. The smallest absolute Gasteiger partial charge is 0.239 e. The molecule has 1 heterocycles. The van der Waals surface area contributed by atoms with Gasteiger partial charge in [0.25, 0.3) is 0 Å². The summed E-state index contributed by atoms with van der Waals surface area (Å²) in [5, 5.41) is 0. The number of rotatable bonds is 6. The van der Waals surface area contributed by atoms with Gasteiger partial charge in [-0.05, 0) is 19.4 Å². The molecule has 1 unspecified atom stereocenters. The highest BCUT2D eigenvalue weighted by Gasteiger charge is 2.22. The third kappa shape index (κ3) is 4.76. The molecule has 0 aromatic heterocycles. The molecule has 104 valence electrons. The van der Waals surface area contributed by atoms with Gasteiger partial charge in [-0.1, -0.05) is 6.08 Å². The van der Waals surface area contributed by atoms with E-state index in [1.807, 2.05) is 4.90 Å². The van der Waals surface area contributed by atoms with Crippen LogP contribution in [0.4, 0.5) is 0 Å². The van der Waals surface area contributed by atoms with E-state index in [2.05, 4.69) is 11.5 Å². The molecule has 1 atom stereocenters. The number of methoxy groups -OCH3 is 1. The summed E-state index contributed by atoms with van der Waals surface area (Å²) in [5.41, 5.74) is 5.83. The molecule has 2 N–H and O–H groups in total. The van der Waals surface area contributed by atoms with E-state index in [0.717, 1.165) is 45.8 Å². The molecule has 1 amide bonds. The first-order valence-corrected chi connectivity index (χ1v) is 6.55. The van der Waals surface area contributed by atoms with Crippen molar-refractivity contribution in [3.63, 3.8) is 0 Å². The number of amides is 1. The average molecular weight is 255 g/mol. The molecular weight excluding hydrogens is 230 g/mol.